The third-order valence-corrected chi connectivity index (χ3v) is 3.67. The summed E-state index contributed by atoms with van der Waals surface area (Å²) in [4.78, 5) is 11.2. The number of unbranched alkanes of at least 4 members (excludes halogenated alkanes) is 1. The van der Waals surface area contributed by atoms with Crippen molar-refractivity contribution in [3.05, 3.63) is 35.9 Å². The summed E-state index contributed by atoms with van der Waals surface area (Å²) in [5.74, 6) is -0.913. The van der Waals surface area contributed by atoms with Gasteiger partial charge in [-0.25, -0.2) is 4.79 Å². The van der Waals surface area contributed by atoms with E-state index in [1.165, 1.54) is 5.56 Å². The number of hydrogen-bond donors (Lipinski definition) is 1. The van der Waals surface area contributed by atoms with Gasteiger partial charge in [-0.2, -0.15) is 0 Å². The normalized spacial score (nSPS) is 12.9. The Morgan fingerprint density at radius 1 is 0.960 bits per heavy atom. The lowest BCUT2D eigenvalue weighted by molar-refractivity contribution is -0.158. The van der Waals surface area contributed by atoms with Crippen molar-refractivity contribution in [2.45, 2.75) is 52.7 Å². The molecule has 0 aliphatic carbocycles. The predicted octanol–water partition coefficient (Wildman–Crippen LogP) is 3.91. The van der Waals surface area contributed by atoms with E-state index in [1.54, 1.807) is 0 Å². The Morgan fingerprint density at radius 3 is 2.16 bits per heavy atom. The molecule has 1 atom stereocenters. The van der Waals surface area contributed by atoms with Gasteiger partial charge in [0.1, 0.15) is 0 Å². The van der Waals surface area contributed by atoms with Crippen LogP contribution in [0, 0.1) is 5.41 Å². The van der Waals surface area contributed by atoms with Gasteiger partial charge in [-0.1, -0.05) is 51.1 Å². The first-order valence-electron chi connectivity index (χ1n) is 8.95. The molecule has 1 unspecified atom stereocenters. The number of rotatable bonds is 13. The van der Waals surface area contributed by atoms with E-state index in [0.29, 0.717) is 32.8 Å². The first kappa shape index (κ1) is 21.6. The van der Waals surface area contributed by atoms with Crippen LogP contribution in [0.1, 0.15) is 45.6 Å². The molecule has 0 radical (unpaired) electrons. The fourth-order valence-corrected chi connectivity index (χ4v) is 2.33. The molecule has 25 heavy (non-hydrogen) atoms. The lowest BCUT2D eigenvalue weighted by Crippen LogP contribution is -2.37. The topological polar surface area (TPSA) is 65.0 Å². The molecule has 0 aromatic heterocycles. The van der Waals surface area contributed by atoms with Crippen LogP contribution >= 0.6 is 0 Å². The Bertz CT molecular complexity index is 467. The molecule has 0 spiro atoms. The van der Waals surface area contributed by atoms with Crippen molar-refractivity contribution in [2.24, 2.45) is 5.41 Å². The van der Waals surface area contributed by atoms with E-state index in [9.17, 15) is 4.79 Å². The van der Waals surface area contributed by atoms with Crippen LogP contribution in [0.15, 0.2) is 30.3 Å². The van der Waals surface area contributed by atoms with Gasteiger partial charge in [-0.3, -0.25) is 0 Å². The van der Waals surface area contributed by atoms with E-state index >= 15 is 0 Å². The van der Waals surface area contributed by atoms with Gasteiger partial charge in [0.2, 0.25) is 0 Å². The summed E-state index contributed by atoms with van der Waals surface area (Å²) in [6.07, 6.45) is 1.84. The van der Waals surface area contributed by atoms with E-state index in [-0.39, 0.29) is 0 Å². The average Bonchev–Trinajstić information content (AvgIpc) is 2.55. The van der Waals surface area contributed by atoms with Crippen LogP contribution in [0.3, 0.4) is 0 Å². The summed E-state index contributed by atoms with van der Waals surface area (Å²) in [7, 11) is 0. The molecule has 142 valence electrons. The maximum absolute atomic E-state index is 11.2. The summed E-state index contributed by atoms with van der Waals surface area (Å²) >= 11 is 0. The average molecular weight is 352 g/mol. The zero-order chi connectivity index (χ0) is 18.5. The highest BCUT2D eigenvalue weighted by molar-refractivity contribution is 5.73. The van der Waals surface area contributed by atoms with Crippen molar-refractivity contribution < 1.29 is 24.1 Å². The molecule has 0 saturated carbocycles. The van der Waals surface area contributed by atoms with E-state index in [1.807, 2.05) is 39.0 Å². The first-order valence-corrected chi connectivity index (χ1v) is 8.95. The summed E-state index contributed by atoms with van der Waals surface area (Å²) in [6, 6.07) is 10.1. The van der Waals surface area contributed by atoms with Crippen molar-refractivity contribution in [3.8, 4) is 0 Å². The molecule has 1 aromatic carbocycles. The lowest BCUT2D eigenvalue weighted by atomic mass is 9.89. The molecule has 0 amide bonds. The molecule has 0 bridgehead atoms. The largest absolute Gasteiger partial charge is 0.479 e. The van der Waals surface area contributed by atoms with Gasteiger partial charge in [-0.05, 0) is 30.2 Å². The van der Waals surface area contributed by atoms with Crippen LogP contribution in [-0.2, 0) is 25.6 Å². The van der Waals surface area contributed by atoms with E-state index in [2.05, 4.69) is 12.1 Å². The number of aliphatic carboxylic acids is 1. The Labute approximate surface area is 151 Å². The maximum Gasteiger partial charge on any atom is 0.333 e. The molecular formula is C20H32O5. The zero-order valence-corrected chi connectivity index (χ0v) is 15.7. The standard InChI is InChI=1S/C20H32O5/c1-20(2,3)18(19(21)22)25-15-9-14-23-12-7-8-13-24-16-17-10-5-4-6-11-17/h4-6,10-11,18H,7-9,12-16H2,1-3H3,(H,21,22). The molecule has 1 N–H and O–H groups in total. The molecular weight excluding hydrogens is 320 g/mol. The van der Waals surface area contributed by atoms with Crippen molar-refractivity contribution in [1.29, 1.82) is 0 Å². The zero-order valence-electron chi connectivity index (χ0n) is 15.7. The number of benzene rings is 1. The minimum Gasteiger partial charge on any atom is -0.479 e. The van der Waals surface area contributed by atoms with Crippen LogP contribution in [0.2, 0.25) is 0 Å². The highest BCUT2D eigenvalue weighted by Crippen LogP contribution is 2.22. The van der Waals surface area contributed by atoms with Gasteiger partial charge in [0, 0.05) is 26.4 Å². The summed E-state index contributed by atoms with van der Waals surface area (Å²) in [6.45, 7) is 8.64. The number of carbonyl (C=O) groups is 1. The SMILES string of the molecule is CC(C)(C)C(OCCCOCCCCOCc1ccccc1)C(=O)O. The number of ether oxygens (including phenoxy) is 3. The van der Waals surface area contributed by atoms with Gasteiger partial charge in [0.15, 0.2) is 6.10 Å². The highest BCUT2D eigenvalue weighted by atomic mass is 16.5. The van der Waals surface area contributed by atoms with Crippen LogP contribution in [-0.4, -0.2) is 43.6 Å². The third kappa shape index (κ3) is 10.2. The number of hydrogen-bond acceptors (Lipinski definition) is 4. The van der Waals surface area contributed by atoms with Gasteiger partial charge in [0.25, 0.3) is 0 Å². The molecule has 1 aromatic rings. The van der Waals surface area contributed by atoms with E-state index < -0.39 is 17.5 Å². The van der Waals surface area contributed by atoms with E-state index in [0.717, 1.165) is 19.4 Å². The Kier molecular flexibility index (Phi) is 10.4. The second-order valence-corrected chi connectivity index (χ2v) is 7.17. The van der Waals surface area contributed by atoms with E-state index in [4.69, 9.17) is 19.3 Å². The van der Waals surface area contributed by atoms with Crippen molar-refractivity contribution in [1.82, 2.24) is 0 Å². The maximum atomic E-state index is 11.2. The third-order valence-electron chi connectivity index (χ3n) is 3.67. The van der Waals surface area contributed by atoms with Crippen LogP contribution < -0.4 is 0 Å². The van der Waals surface area contributed by atoms with Crippen LogP contribution in [0.25, 0.3) is 0 Å². The van der Waals surface area contributed by atoms with Crippen LogP contribution in [0.5, 0.6) is 0 Å². The molecule has 1 rings (SSSR count). The van der Waals surface area contributed by atoms with Crippen molar-refractivity contribution >= 4 is 5.97 Å². The molecule has 5 nitrogen and oxygen atoms in total. The van der Waals surface area contributed by atoms with Crippen molar-refractivity contribution in [2.75, 3.05) is 26.4 Å². The molecule has 0 fully saturated rings. The number of carboxylic acid groups (broad SMARTS) is 1. The van der Waals surface area contributed by atoms with Crippen LogP contribution in [0.4, 0.5) is 0 Å². The Balaban J connectivity index is 1.92. The van der Waals surface area contributed by atoms with Gasteiger partial charge < -0.3 is 19.3 Å². The van der Waals surface area contributed by atoms with Gasteiger partial charge in [0.05, 0.1) is 6.61 Å². The monoisotopic (exact) mass is 352 g/mol. The molecule has 5 heteroatoms. The fraction of sp³-hybridized carbons (Fsp3) is 0.650. The summed E-state index contributed by atoms with van der Waals surface area (Å²) < 4.78 is 16.6. The smallest absolute Gasteiger partial charge is 0.333 e. The number of carboxylic acids is 1. The Morgan fingerprint density at radius 2 is 1.56 bits per heavy atom. The summed E-state index contributed by atoms with van der Waals surface area (Å²) in [5.41, 5.74) is 0.778. The lowest BCUT2D eigenvalue weighted by Gasteiger charge is -2.26. The molecule has 0 heterocycles. The summed E-state index contributed by atoms with van der Waals surface area (Å²) in [5, 5.41) is 9.16. The fourth-order valence-electron chi connectivity index (χ4n) is 2.33. The second-order valence-electron chi connectivity index (χ2n) is 7.17. The van der Waals surface area contributed by atoms with Crippen molar-refractivity contribution in [3.63, 3.8) is 0 Å². The minimum atomic E-state index is -0.913. The molecule has 0 aliphatic rings. The quantitative estimate of drug-likeness (QED) is 0.545. The Hall–Kier alpha value is -1.43. The predicted molar refractivity (Wildman–Crippen MR) is 97.6 cm³/mol. The highest BCUT2D eigenvalue weighted by Gasteiger charge is 2.31. The van der Waals surface area contributed by atoms with Gasteiger partial charge >= 0.3 is 5.97 Å². The minimum absolute atomic E-state index is 0.397. The molecule has 0 saturated heterocycles. The van der Waals surface area contributed by atoms with Gasteiger partial charge in [-0.15, -0.1) is 0 Å². The molecule has 0 aliphatic heterocycles. The first-order chi connectivity index (χ1) is 11.9. The second kappa shape index (κ2) is 12.0.